The molecule has 0 radical (unpaired) electrons. The molecule has 0 aliphatic carbocycles. The lowest BCUT2D eigenvalue weighted by atomic mass is 10.1. The first-order chi connectivity index (χ1) is 14.3. The second kappa shape index (κ2) is 6.30. The lowest BCUT2D eigenvalue weighted by molar-refractivity contribution is -0.137. The normalized spacial score (nSPS) is 22.4. The van der Waals surface area contributed by atoms with E-state index < -0.39 is 29.5 Å². The Bertz CT molecular complexity index is 1090. The first kappa shape index (κ1) is 18.6. The Labute approximate surface area is 169 Å². The molecule has 2 fully saturated rings. The van der Waals surface area contributed by atoms with E-state index >= 15 is 0 Å². The number of nitrogens with one attached hydrogen (secondary N) is 2. The van der Waals surface area contributed by atoms with Crippen LogP contribution in [0.4, 0.5) is 29.3 Å². The quantitative estimate of drug-likeness (QED) is 0.594. The Kier molecular flexibility index (Phi) is 3.91. The zero-order chi connectivity index (χ0) is 21.1. The van der Waals surface area contributed by atoms with E-state index in [1.54, 1.807) is 4.90 Å². The summed E-state index contributed by atoms with van der Waals surface area (Å²) in [4.78, 5) is 32.7. The molecule has 3 aliphatic rings. The van der Waals surface area contributed by atoms with Crippen molar-refractivity contribution in [2.24, 2.45) is 4.99 Å². The van der Waals surface area contributed by atoms with Crippen molar-refractivity contribution in [1.82, 2.24) is 15.5 Å². The van der Waals surface area contributed by atoms with Gasteiger partial charge in [-0.2, -0.15) is 13.2 Å². The summed E-state index contributed by atoms with van der Waals surface area (Å²) in [6, 6.07) is 12.1. The highest BCUT2D eigenvalue weighted by Gasteiger charge is 2.60. The molecule has 7 nitrogen and oxygen atoms in total. The largest absolute Gasteiger partial charge is 0.416 e. The molecule has 0 spiro atoms. The molecule has 1 unspecified atom stereocenters. The van der Waals surface area contributed by atoms with Gasteiger partial charge in [-0.05, 0) is 23.8 Å². The number of carbonyl (C=O) groups is 2. The second-order valence-corrected chi connectivity index (χ2v) is 7.24. The van der Waals surface area contributed by atoms with E-state index in [2.05, 4.69) is 15.6 Å². The van der Waals surface area contributed by atoms with Gasteiger partial charge in [0.1, 0.15) is 0 Å². The lowest BCUT2D eigenvalue weighted by Crippen LogP contribution is -2.77. The summed E-state index contributed by atoms with van der Waals surface area (Å²) in [6.07, 6.45) is -4.53. The fourth-order valence-electron chi connectivity index (χ4n) is 4.21. The van der Waals surface area contributed by atoms with E-state index in [0.29, 0.717) is 18.8 Å². The van der Waals surface area contributed by atoms with Gasteiger partial charge in [-0.3, -0.25) is 20.3 Å². The van der Waals surface area contributed by atoms with E-state index in [1.807, 2.05) is 30.3 Å². The molecule has 3 heterocycles. The third-order valence-electron chi connectivity index (χ3n) is 5.55. The number of aliphatic imine (C=N–C) groups is 1. The number of benzene rings is 2. The Hall–Kier alpha value is -3.40. The van der Waals surface area contributed by atoms with E-state index in [1.165, 1.54) is 11.0 Å². The second-order valence-electron chi connectivity index (χ2n) is 7.24. The molecule has 154 valence electrons. The number of rotatable bonds is 3. The highest BCUT2D eigenvalue weighted by atomic mass is 19.4. The molecule has 2 aromatic carbocycles. The third kappa shape index (κ3) is 2.60. The number of anilines is 1. The van der Waals surface area contributed by atoms with E-state index in [9.17, 15) is 22.8 Å². The fourth-order valence-corrected chi connectivity index (χ4v) is 4.21. The van der Waals surface area contributed by atoms with Crippen LogP contribution < -0.4 is 15.5 Å². The molecule has 10 heteroatoms. The molecule has 2 saturated heterocycles. The minimum absolute atomic E-state index is 0.0447. The van der Waals surface area contributed by atoms with Crippen LogP contribution in [0.3, 0.4) is 0 Å². The van der Waals surface area contributed by atoms with E-state index in [-0.39, 0.29) is 17.9 Å². The summed E-state index contributed by atoms with van der Waals surface area (Å²) in [5, 5.41) is 5.51. The Morgan fingerprint density at radius 1 is 1.07 bits per heavy atom. The van der Waals surface area contributed by atoms with Crippen molar-refractivity contribution in [3.8, 4) is 0 Å². The molecular formula is C20H16F3N5O2. The Morgan fingerprint density at radius 3 is 2.53 bits per heavy atom. The van der Waals surface area contributed by atoms with Gasteiger partial charge in [0, 0.05) is 19.6 Å². The van der Waals surface area contributed by atoms with Crippen molar-refractivity contribution in [2.75, 3.05) is 18.0 Å². The Balaban J connectivity index is 1.64. The van der Waals surface area contributed by atoms with Crippen LogP contribution in [0, 0.1) is 0 Å². The van der Waals surface area contributed by atoms with Gasteiger partial charge in [0.25, 0.3) is 5.91 Å². The van der Waals surface area contributed by atoms with Gasteiger partial charge in [0.2, 0.25) is 5.79 Å². The van der Waals surface area contributed by atoms with Crippen LogP contribution in [-0.4, -0.2) is 41.4 Å². The van der Waals surface area contributed by atoms with Crippen molar-refractivity contribution in [1.29, 1.82) is 0 Å². The smallest absolute Gasteiger partial charge is 0.327 e. The van der Waals surface area contributed by atoms with Gasteiger partial charge in [0.05, 0.1) is 16.9 Å². The van der Waals surface area contributed by atoms with Crippen molar-refractivity contribution >= 4 is 29.0 Å². The van der Waals surface area contributed by atoms with E-state index in [4.69, 9.17) is 0 Å². The number of nitrogens with zero attached hydrogens (tertiary/aromatic N) is 3. The van der Waals surface area contributed by atoms with Crippen molar-refractivity contribution in [2.45, 2.75) is 18.5 Å². The molecular weight excluding hydrogens is 402 g/mol. The number of carbonyl (C=O) groups excluding carboxylic acids is 2. The van der Waals surface area contributed by atoms with Crippen LogP contribution in [0.5, 0.6) is 0 Å². The number of fused-ring (bicyclic) bond motifs is 2. The summed E-state index contributed by atoms with van der Waals surface area (Å²) < 4.78 is 39.6. The van der Waals surface area contributed by atoms with Crippen molar-refractivity contribution in [3.05, 3.63) is 59.7 Å². The zero-order valence-corrected chi connectivity index (χ0v) is 15.5. The van der Waals surface area contributed by atoms with Crippen LogP contribution in [-0.2, 0) is 17.5 Å². The molecule has 2 aromatic rings. The number of hydrogen-bond donors (Lipinski definition) is 2. The molecule has 30 heavy (non-hydrogen) atoms. The third-order valence-corrected chi connectivity index (χ3v) is 5.55. The number of alkyl halides is 3. The number of imide groups is 1. The van der Waals surface area contributed by atoms with Gasteiger partial charge in [-0.15, -0.1) is 0 Å². The minimum atomic E-state index is -4.53. The molecule has 0 bridgehead atoms. The van der Waals surface area contributed by atoms with Gasteiger partial charge >= 0.3 is 12.2 Å². The monoisotopic (exact) mass is 418 g/mol. The minimum Gasteiger partial charge on any atom is -0.327 e. The number of amides is 3. The van der Waals surface area contributed by atoms with Gasteiger partial charge in [-0.1, -0.05) is 30.3 Å². The van der Waals surface area contributed by atoms with Gasteiger partial charge < -0.3 is 4.90 Å². The maximum Gasteiger partial charge on any atom is 0.416 e. The molecule has 0 saturated carbocycles. The zero-order valence-electron chi connectivity index (χ0n) is 15.5. The highest BCUT2D eigenvalue weighted by molar-refractivity contribution is 6.47. The first-order valence-electron chi connectivity index (χ1n) is 9.31. The van der Waals surface area contributed by atoms with Crippen LogP contribution >= 0.6 is 0 Å². The van der Waals surface area contributed by atoms with Crippen LogP contribution in [0.2, 0.25) is 0 Å². The summed E-state index contributed by atoms with van der Waals surface area (Å²) in [5.74, 6) is -2.09. The van der Waals surface area contributed by atoms with Crippen LogP contribution in [0.25, 0.3) is 0 Å². The fraction of sp³-hybridized carbons (Fsp3) is 0.250. The van der Waals surface area contributed by atoms with E-state index in [0.717, 1.165) is 17.7 Å². The number of hydrogen-bond acceptors (Lipinski definition) is 5. The topological polar surface area (TPSA) is 77.0 Å². The summed E-state index contributed by atoms with van der Waals surface area (Å²) in [6.45, 7) is 0.934. The molecule has 1 atom stereocenters. The standard InChI is InChI=1S/C20H16F3N5O2/c21-19(22,23)13-6-7-15-14(10-13)25-16-17(29)26-18(30)28-9-8-27(15)20(16,28)24-11-12-4-2-1-3-5-12/h1-7,10,24H,8-9,11H2,(H,26,29,30)/i17+1,20+1,24+1. The number of halogens is 3. The average Bonchev–Trinajstić information content (AvgIpc) is 3.11. The van der Waals surface area contributed by atoms with Crippen LogP contribution in [0.15, 0.2) is 53.5 Å². The lowest BCUT2D eigenvalue weighted by Gasteiger charge is -2.49. The predicted molar refractivity (Wildman–Crippen MR) is 102 cm³/mol. The molecule has 5 rings (SSSR count). The SMILES string of the molecule is O=C1N[13C](=O)C2=Nc3cc(C(F)(F)F)ccc3N3CCN1[13C]23[15NH]Cc1ccccc1. The predicted octanol–water partition coefficient (Wildman–Crippen LogP) is 2.61. The average molecular weight is 418 g/mol. The Morgan fingerprint density at radius 2 is 1.80 bits per heavy atom. The summed E-state index contributed by atoms with van der Waals surface area (Å²) in [5.41, 5.74) is 0.492. The first-order valence-corrected chi connectivity index (χ1v) is 9.31. The molecule has 3 aliphatic heterocycles. The van der Waals surface area contributed by atoms with Gasteiger partial charge in [0.15, 0.2) is 5.71 Å². The summed E-state index contributed by atoms with van der Waals surface area (Å²) >= 11 is 0. The molecule has 3 amide bonds. The maximum absolute atomic E-state index is 13.2. The number of urea groups is 1. The molecule has 2 N–H and O–H groups in total. The summed E-state index contributed by atoms with van der Waals surface area (Å²) in [7, 11) is 0. The maximum atomic E-state index is 13.2. The van der Waals surface area contributed by atoms with Crippen LogP contribution in [0.1, 0.15) is 11.1 Å². The van der Waals surface area contributed by atoms with Gasteiger partial charge in [-0.25, -0.2) is 9.79 Å². The van der Waals surface area contributed by atoms with Crippen molar-refractivity contribution < 1.29 is 22.8 Å². The highest BCUT2D eigenvalue weighted by Crippen LogP contribution is 2.45. The molecule has 0 aromatic heterocycles. The van der Waals surface area contributed by atoms with Crippen molar-refractivity contribution in [3.63, 3.8) is 0 Å².